The zero-order chi connectivity index (χ0) is 16.8. The van der Waals surface area contributed by atoms with E-state index in [0.29, 0.717) is 19.6 Å². The van der Waals surface area contributed by atoms with E-state index in [0.717, 1.165) is 22.8 Å². The summed E-state index contributed by atoms with van der Waals surface area (Å²) >= 11 is 0. The highest BCUT2D eigenvalue weighted by molar-refractivity contribution is 5.74. The summed E-state index contributed by atoms with van der Waals surface area (Å²) in [6.07, 6.45) is 1.73. The molecule has 2 rings (SSSR count). The number of urea groups is 1. The molecular formula is C16H23N5O2. The van der Waals surface area contributed by atoms with Crippen molar-refractivity contribution in [1.29, 1.82) is 0 Å². The molecule has 23 heavy (non-hydrogen) atoms. The van der Waals surface area contributed by atoms with Crippen LogP contribution in [0.15, 0.2) is 24.4 Å². The van der Waals surface area contributed by atoms with Gasteiger partial charge in [0, 0.05) is 31.5 Å². The Kier molecular flexibility index (Phi) is 5.70. The molecule has 0 fully saturated rings. The topological polar surface area (TPSA) is 83.3 Å². The van der Waals surface area contributed by atoms with Crippen LogP contribution in [0.5, 0.6) is 0 Å². The van der Waals surface area contributed by atoms with E-state index in [1.807, 2.05) is 39.0 Å². The number of nitrogens with zero attached hydrogens (tertiary/aromatic N) is 4. The molecule has 0 saturated heterocycles. The van der Waals surface area contributed by atoms with E-state index in [9.17, 15) is 4.79 Å². The molecule has 0 aliphatic heterocycles. The summed E-state index contributed by atoms with van der Waals surface area (Å²) in [4.78, 5) is 17.9. The number of hydrogen-bond donors (Lipinski definition) is 2. The fourth-order valence-corrected chi connectivity index (χ4v) is 2.32. The third-order valence-corrected chi connectivity index (χ3v) is 3.52. The van der Waals surface area contributed by atoms with E-state index in [4.69, 9.17) is 5.11 Å². The van der Waals surface area contributed by atoms with Gasteiger partial charge in [0.1, 0.15) is 0 Å². The Hall–Kier alpha value is -2.41. The molecule has 2 aromatic heterocycles. The third kappa shape index (κ3) is 4.29. The van der Waals surface area contributed by atoms with Gasteiger partial charge in [0.05, 0.1) is 12.3 Å². The van der Waals surface area contributed by atoms with Gasteiger partial charge < -0.3 is 15.3 Å². The van der Waals surface area contributed by atoms with Gasteiger partial charge in [-0.25, -0.2) is 14.5 Å². The van der Waals surface area contributed by atoms with Crippen LogP contribution in [0.3, 0.4) is 0 Å². The summed E-state index contributed by atoms with van der Waals surface area (Å²) < 4.78 is 1.79. The Morgan fingerprint density at radius 1 is 1.39 bits per heavy atom. The number of aliphatic hydroxyl groups is 1. The minimum Gasteiger partial charge on any atom is -0.395 e. The molecule has 0 aliphatic rings. The first-order valence-electron chi connectivity index (χ1n) is 7.67. The highest BCUT2D eigenvalue weighted by Gasteiger charge is 2.10. The van der Waals surface area contributed by atoms with Crippen LogP contribution in [0, 0.1) is 13.8 Å². The molecule has 0 bridgehead atoms. The maximum atomic E-state index is 11.9. The smallest absolute Gasteiger partial charge is 0.317 e. The average Bonchev–Trinajstić information content (AvgIpc) is 2.89. The van der Waals surface area contributed by atoms with Crippen molar-refractivity contribution >= 4 is 6.03 Å². The average molecular weight is 317 g/mol. The fraction of sp³-hybridized carbons (Fsp3) is 0.438. The molecule has 7 heteroatoms. The number of aryl methyl sites for hydroxylation is 2. The van der Waals surface area contributed by atoms with Crippen molar-refractivity contribution in [3.05, 3.63) is 41.3 Å². The van der Waals surface area contributed by atoms with Gasteiger partial charge in [-0.15, -0.1) is 0 Å². The molecule has 0 saturated carbocycles. The minimum atomic E-state index is -0.191. The fourth-order valence-electron chi connectivity index (χ4n) is 2.32. The van der Waals surface area contributed by atoms with E-state index in [1.54, 1.807) is 15.8 Å². The van der Waals surface area contributed by atoms with Crippen LogP contribution < -0.4 is 5.32 Å². The van der Waals surface area contributed by atoms with Crippen molar-refractivity contribution in [1.82, 2.24) is 25.0 Å². The first-order chi connectivity index (χ1) is 11.0. The predicted octanol–water partition coefficient (Wildman–Crippen LogP) is 1.41. The first-order valence-corrected chi connectivity index (χ1v) is 7.67. The number of aromatic nitrogens is 3. The van der Waals surface area contributed by atoms with Gasteiger partial charge in [0.15, 0.2) is 5.82 Å². The third-order valence-electron chi connectivity index (χ3n) is 3.52. The molecule has 0 spiro atoms. The molecule has 2 aromatic rings. The Morgan fingerprint density at radius 3 is 2.70 bits per heavy atom. The van der Waals surface area contributed by atoms with Crippen LogP contribution in [0.4, 0.5) is 4.79 Å². The van der Waals surface area contributed by atoms with Gasteiger partial charge in [-0.3, -0.25) is 0 Å². The lowest BCUT2D eigenvalue weighted by molar-refractivity contribution is 0.180. The second kappa shape index (κ2) is 7.73. The maximum absolute atomic E-state index is 11.9. The minimum absolute atomic E-state index is 0.0415. The van der Waals surface area contributed by atoms with Crippen molar-refractivity contribution in [3.63, 3.8) is 0 Å². The predicted molar refractivity (Wildman–Crippen MR) is 87.4 cm³/mol. The summed E-state index contributed by atoms with van der Waals surface area (Å²) in [6.45, 7) is 7.04. The van der Waals surface area contributed by atoms with Crippen LogP contribution in [0.25, 0.3) is 5.82 Å². The number of carbonyl (C=O) groups excluding carboxylic acids is 1. The molecule has 2 N–H and O–H groups in total. The number of nitrogens with one attached hydrogen (secondary N) is 1. The highest BCUT2D eigenvalue weighted by Crippen LogP contribution is 2.10. The lowest BCUT2D eigenvalue weighted by atomic mass is 10.3. The quantitative estimate of drug-likeness (QED) is 0.844. The zero-order valence-corrected chi connectivity index (χ0v) is 13.8. The Labute approximate surface area is 136 Å². The number of aliphatic hydroxyl groups excluding tert-OH is 1. The molecular weight excluding hydrogens is 294 g/mol. The van der Waals surface area contributed by atoms with Crippen LogP contribution in [-0.2, 0) is 6.54 Å². The molecule has 0 aromatic carbocycles. The summed E-state index contributed by atoms with van der Waals surface area (Å²) in [6, 6.07) is 5.60. The van der Waals surface area contributed by atoms with Crippen molar-refractivity contribution in [2.24, 2.45) is 0 Å². The van der Waals surface area contributed by atoms with Gasteiger partial charge >= 0.3 is 6.03 Å². The summed E-state index contributed by atoms with van der Waals surface area (Å²) in [5.41, 5.74) is 2.88. The SMILES string of the molecule is CCN(CCO)C(=O)NCc1ccc(-n2nc(C)cc2C)nc1. The van der Waals surface area contributed by atoms with Gasteiger partial charge in [0.25, 0.3) is 0 Å². The molecule has 2 heterocycles. The number of carbonyl (C=O) groups is 1. The van der Waals surface area contributed by atoms with E-state index < -0.39 is 0 Å². The Bertz CT molecular complexity index is 651. The molecule has 0 radical (unpaired) electrons. The molecule has 124 valence electrons. The largest absolute Gasteiger partial charge is 0.395 e. The summed E-state index contributed by atoms with van der Waals surface area (Å²) in [5.74, 6) is 0.751. The zero-order valence-electron chi connectivity index (χ0n) is 13.8. The molecule has 7 nitrogen and oxygen atoms in total. The number of amides is 2. The van der Waals surface area contributed by atoms with E-state index in [-0.39, 0.29) is 12.6 Å². The van der Waals surface area contributed by atoms with Crippen molar-refractivity contribution < 1.29 is 9.90 Å². The van der Waals surface area contributed by atoms with Gasteiger partial charge in [-0.05, 0) is 38.5 Å². The van der Waals surface area contributed by atoms with Crippen LogP contribution in [-0.4, -0.2) is 50.5 Å². The second-order valence-electron chi connectivity index (χ2n) is 5.33. The van der Waals surface area contributed by atoms with Crippen molar-refractivity contribution in [2.45, 2.75) is 27.3 Å². The van der Waals surface area contributed by atoms with Gasteiger partial charge in [-0.2, -0.15) is 5.10 Å². The van der Waals surface area contributed by atoms with E-state index >= 15 is 0 Å². The van der Waals surface area contributed by atoms with E-state index in [2.05, 4.69) is 15.4 Å². The van der Waals surface area contributed by atoms with Crippen LogP contribution >= 0.6 is 0 Å². The van der Waals surface area contributed by atoms with Crippen molar-refractivity contribution in [2.75, 3.05) is 19.7 Å². The molecule has 0 unspecified atom stereocenters. The lowest BCUT2D eigenvalue weighted by Crippen LogP contribution is -2.41. The lowest BCUT2D eigenvalue weighted by Gasteiger charge is -2.20. The number of likely N-dealkylation sites (N-methyl/N-ethyl adjacent to an activating group) is 1. The number of hydrogen-bond acceptors (Lipinski definition) is 4. The van der Waals surface area contributed by atoms with Crippen LogP contribution in [0.1, 0.15) is 23.9 Å². The molecule has 2 amide bonds. The monoisotopic (exact) mass is 317 g/mol. The van der Waals surface area contributed by atoms with Crippen LogP contribution in [0.2, 0.25) is 0 Å². The van der Waals surface area contributed by atoms with Gasteiger partial charge in [-0.1, -0.05) is 6.07 Å². The second-order valence-corrected chi connectivity index (χ2v) is 5.33. The van der Waals surface area contributed by atoms with E-state index in [1.165, 1.54) is 0 Å². The normalized spacial score (nSPS) is 10.6. The Morgan fingerprint density at radius 2 is 2.17 bits per heavy atom. The maximum Gasteiger partial charge on any atom is 0.317 e. The highest BCUT2D eigenvalue weighted by atomic mass is 16.3. The molecule has 0 atom stereocenters. The Balaban J connectivity index is 1.98. The first kappa shape index (κ1) is 17.0. The number of pyridine rings is 1. The molecule has 0 aliphatic carbocycles. The van der Waals surface area contributed by atoms with Crippen molar-refractivity contribution in [3.8, 4) is 5.82 Å². The summed E-state index contributed by atoms with van der Waals surface area (Å²) in [5, 5.41) is 16.1. The number of rotatable bonds is 6. The van der Waals surface area contributed by atoms with Gasteiger partial charge in [0.2, 0.25) is 0 Å². The standard InChI is InChI=1S/C16H23N5O2/c1-4-20(7-8-22)16(23)18-11-14-5-6-15(17-10-14)21-13(3)9-12(2)19-21/h5-6,9-10,22H,4,7-8,11H2,1-3H3,(H,18,23). The summed E-state index contributed by atoms with van der Waals surface area (Å²) in [7, 11) is 0.